The highest BCUT2D eigenvalue weighted by Crippen LogP contribution is 2.30. The van der Waals surface area contributed by atoms with Crippen molar-refractivity contribution in [3.63, 3.8) is 0 Å². The second-order valence-electron chi connectivity index (χ2n) is 3.45. The molecule has 0 saturated carbocycles. The summed E-state index contributed by atoms with van der Waals surface area (Å²) in [4.78, 5) is 4.15. The van der Waals surface area contributed by atoms with Crippen LogP contribution in [-0.4, -0.2) is 29.0 Å². The van der Waals surface area contributed by atoms with E-state index in [0.29, 0.717) is 35.1 Å². The minimum Gasteiger partial charge on any atom is -0.496 e. The van der Waals surface area contributed by atoms with Gasteiger partial charge in [0, 0.05) is 18.2 Å². The van der Waals surface area contributed by atoms with Crippen molar-refractivity contribution in [3.05, 3.63) is 24.0 Å². The van der Waals surface area contributed by atoms with Gasteiger partial charge in [0.15, 0.2) is 5.82 Å². The molecule has 0 saturated heterocycles. The summed E-state index contributed by atoms with van der Waals surface area (Å²) in [6, 6.07) is 5.17. The Morgan fingerprint density at radius 3 is 3.00 bits per heavy atom. The van der Waals surface area contributed by atoms with E-state index in [9.17, 15) is 0 Å². The number of aliphatic hydroxyl groups is 1. The van der Waals surface area contributed by atoms with Crippen LogP contribution in [0.2, 0.25) is 0 Å². The number of rotatable bonds is 4. The van der Waals surface area contributed by atoms with Gasteiger partial charge >= 0.3 is 0 Å². The number of nitrogen functional groups attached to an aromatic ring is 1. The molecule has 0 aliphatic rings. The summed E-state index contributed by atoms with van der Waals surface area (Å²) in [7, 11) is 1.54. The summed E-state index contributed by atoms with van der Waals surface area (Å²) < 4.78 is 10.3. The second-order valence-corrected chi connectivity index (χ2v) is 3.45. The van der Waals surface area contributed by atoms with Crippen LogP contribution in [0.15, 0.2) is 22.7 Å². The number of anilines is 1. The summed E-state index contributed by atoms with van der Waals surface area (Å²) in [5.41, 5.74) is 6.93. The summed E-state index contributed by atoms with van der Waals surface area (Å²) in [6.07, 6.45) is 0.362. The molecule has 90 valence electrons. The van der Waals surface area contributed by atoms with Gasteiger partial charge in [-0.05, 0) is 12.1 Å². The highest BCUT2D eigenvalue weighted by atomic mass is 16.5. The van der Waals surface area contributed by atoms with E-state index in [-0.39, 0.29) is 6.61 Å². The standard InChI is InChI=1S/C11H13N3O3/c1-16-9-6-7(12)2-3-8(9)11-13-10(4-5-15)14-17-11/h2-3,6,15H,4-5,12H2,1H3. The van der Waals surface area contributed by atoms with Gasteiger partial charge in [-0.2, -0.15) is 4.98 Å². The molecule has 3 N–H and O–H groups in total. The third-order valence-corrected chi connectivity index (χ3v) is 2.26. The lowest BCUT2D eigenvalue weighted by molar-refractivity contribution is 0.293. The van der Waals surface area contributed by atoms with Crippen LogP contribution in [0.1, 0.15) is 5.82 Å². The first-order valence-electron chi connectivity index (χ1n) is 5.12. The first kappa shape index (κ1) is 11.4. The van der Waals surface area contributed by atoms with Crippen molar-refractivity contribution in [2.45, 2.75) is 6.42 Å². The number of benzene rings is 1. The zero-order valence-electron chi connectivity index (χ0n) is 9.38. The van der Waals surface area contributed by atoms with E-state index in [4.69, 9.17) is 20.1 Å². The van der Waals surface area contributed by atoms with E-state index in [1.54, 1.807) is 25.3 Å². The van der Waals surface area contributed by atoms with Crippen molar-refractivity contribution in [2.75, 3.05) is 19.5 Å². The van der Waals surface area contributed by atoms with Crippen LogP contribution >= 0.6 is 0 Å². The fourth-order valence-electron chi connectivity index (χ4n) is 1.45. The lowest BCUT2D eigenvalue weighted by atomic mass is 10.2. The molecule has 1 aromatic heterocycles. The number of hydrogen-bond acceptors (Lipinski definition) is 6. The molecule has 2 aromatic rings. The Bertz CT molecular complexity index is 510. The Labute approximate surface area is 98.0 Å². The Morgan fingerprint density at radius 2 is 2.29 bits per heavy atom. The summed E-state index contributed by atoms with van der Waals surface area (Å²) in [6.45, 7) is -0.0160. The topological polar surface area (TPSA) is 94.4 Å². The molecule has 0 radical (unpaired) electrons. The van der Waals surface area contributed by atoms with Gasteiger partial charge in [0.1, 0.15) is 5.75 Å². The smallest absolute Gasteiger partial charge is 0.261 e. The Balaban J connectivity index is 2.37. The van der Waals surface area contributed by atoms with Crippen LogP contribution < -0.4 is 10.5 Å². The fourth-order valence-corrected chi connectivity index (χ4v) is 1.45. The van der Waals surface area contributed by atoms with Gasteiger partial charge in [-0.1, -0.05) is 5.16 Å². The van der Waals surface area contributed by atoms with E-state index < -0.39 is 0 Å². The molecular formula is C11H13N3O3. The fraction of sp³-hybridized carbons (Fsp3) is 0.273. The third kappa shape index (κ3) is 2.36. The Hall–Kier alpha value is -2.08. The van der Waals surface area contributed by atoms with Crippen molar-refractivity contribution in [1.82, 2.24) is 10.1 Å². The average Bonchev–Trinajstić information content (AvgIpc) is 2.78. The van der Waals surface area contributed by atoms with Gasteiger partial charge in [0.2, 0.25) is 0 Å². The van der Waals surface area contributed by atoms with Crippen LogP contribution in [0.5, 0.6) is 5.75 Å². The van der Waals surface area contributed by atoms with Crippen LogP contribution in [0, 0.1) is 0 Å². The third-order valence-electron chi connectivity index (χ3n) is 2.26. The predicted molar refractivity (Wildman–Crippen MR) is 61.5 cm³/mol. The lowest BCUT2D eigenvalue weighted by Gasteiger charge is -2.05. The Morgan fingerprint density at radius 1 is 1.47 bits per heavy atom. The highest BCUT2D eigenvalue weighted by molar-refractivity contribution is 5.66. The minimum absolute atomic E-state index is 0.0160. The number of nitrogens with zero attached hydrogens (tertiary/aromatic N) is 2. The SMILES string of the molecule is COc1cc(N)ccc1-c1nc(CCO)no1. The normalized spacial score (nSPS) is 10.5. The molecule has 6 heteroatoms. The van der Waals surface area contributed by atoms with E-state index in [2.05, 4.69) is 10.1 Å². The summed E-state index contributed by atoms with van der Waals surface area (Å²) >= 11 is 0. The maximum absolute atomic E-state index is 8.77. The molecule has 0 atom stereocenters. The van der Waals surface area contributed by atoms with Gasteiger partial charge in [-0.25, -0.2) is 0 Å². The van der Waals surface area contributed by atoms with Crippen LogP contribution in [0.25, 0.3) is 11.5 Å². The monoisotopic (exact) mass is 235 g/mol. The minimum atomic E-state index is -0.0160. The number of aliphatic hydroxyl groups excluding tert-OH is 1. The maximum Gasteiger partial charge on any atom is 0.261 e. The van der Waals surface area contributed by atoms with E-state index in [1.165, 1.54) is 0 Å². The number of aromatic nitrogens is 2. The molecule has 0 amide bonds. The zero-order chi connectivity index (χ0) is 12.3. The molecule has 2 rings (SSSR count). The molecule has 0 fully saturated rings. The first-order valence-corrected chi connectivity index (χ1v) is 5.12. The molecule has 0 bridgehead atoms. The van der Waals surface area contributed by atoms with Crippen LogP contribution in [0.4, 0.5) is 5.69 Å². The Kier molecular flexibility index (Phi) is 3.24. The maximum atomic E-state index is 8.77. The van der Waals surface area contributed by atoms with Crippen molar-refractivity contribution in [2.24, 2.45) is 0 Å². The van der Waals surface area contributed by atoms with Gasteiger partial charge in [-0.15, -0.1) is 0 Å². The van der Waals surface area contributed by atoms with E-state index in [0.717, 1.165) is 0 Å². The van der Waals surface area contributed by atoms with Crippen LogP contribution in [0.3, 0.4) is 0 Å². The predicted octanol–water partition coefficient (Wildman–Crippen LogP) is 0.862. The first-order chi connectivity index (χ1) is 8.24. The highest BCUT2D eigenvalue weighted by Gasteiger charge is 2.13. The van der Waals surface area contributed by atoms with E-state index in [1.807, 2.05) is 0 Å². The molecule has 1 heterocycles. The molecule has 0 aliphatic carbocycles. The zero-order valence-corrected chi connectivity index (χ0v) is 9.38. The van der Waals surface area contributed by atoms with Gasteiger partial charge in [0.05, 0.1) is 19.3 Å². The van der Waals surface area contributed by atoms with Crippen LogP contribution in [-0.2, 0) is 6.42 Å². The van der Waals surface area contributed by atoms with Crippen molar-refractivity contribution in [1.29, 1.82) is 0 Å². The molecule has 17 heavy (non-hydrogen) atoms. The molecule has 0 aliphatic heterocycles. The molecule has 0 spiro atoms. The quantitative estimate of drug-likeness (QED) is 0.763. The molecule has 1 aromatic carbocycles. The van der Waals surface area contributed by atoms with Gasteiger partial charge < -0.3 is 20.1 Å². The number of nitrogens with two attached hydrogens (primary N) is 1. The number of hydrogen-bond donors (Lipinski definition) is 2. The number of methoxy groups -OCH3 is 1. The molecular weight excluding hydrogens is 222 g/mol. The summed E-state index contributed by atoms with van der Waals surface area (Å²) in [5, 5.41) is 12.5. The average molecular weight is 235 g/mol. The molecule has 6 nitrogen and oxygen atoms in total. The van der Waals surface area contributed by atoms with Crippen molar-refractivity contribution < 1.29 is 14.4 Å². The largest absolute Gasteiger partial charge is 0.496 e. The molecule has 0 unspecified atom stereocenters. The van der Waals surface area contributed by atoms with Gasteiger partial charge in [-0.3, -0.25) is 0 Å². The summed E-state index contributed by atoms with van der Waals surface area (Å²) in [5.74, 6) is 1.39. The van der Waals surface area contributed by atoms with Crippen molar-refractivity contribution >= 4 is 5.69 Å². The van der Waals surface area contributed by atoms with Gasteiger partial charge in [0.25, 0.3) is 5.89 Å². The second kappa shape index (κ2) is 4.84. The van der Waals surface area contributed by atoms with E-state index >= 15 is 0 Å². The number of ether oxygens (including phenoxy) is 1. The lowest BCUT2D eigenvalue weighted by Crippen LogP contribution is -1.93. The van der Waals surface area contributed by atoms with Crippen molar-refractivity contribution in [3.8, 4) is 17.2 Å².